The number of rotatable bonds is 3. The van der Waals surface area contributed by atoms with Gasteiger partial charge in [-0.05, 0) is 56.0 Å². The molecule has 1 aromatic heterocycles. The molecule has 1 aromatic carbocycles. The molecule has 0 unspecified atom stereocenters. The molecule has 3 aliphatic heterocycles. The number of carbonyl (C=O) groups excluding carboxylic acids is 1. The van der Waals surface area contributed by atoms with Crippen LogP contribution in [0.3, 0.4) is 0 Å². The van der Waals surface area contributed by atoms with Crippen molar-refractivity contribution in [2.45, 2.75) is 19.3 Å². The van der Waals surface area contributed by atoms with E-state index in [1.54, 1.807) is 0 Å². The number of hydrogen-bond acceptors (Lipinski definition) is 3. The zero-order valence-corrected chi connectivity index (χ0v) is 13.4. The van der Waals surface area contributed by atoms with Crippen molar-refractivity contribution in [1.82, 2.24) is 15.1 Å². The van der Waals surface area contributed by atoms with Crippen LogP contribution in [0.1, 0.15) is 29.8 Å². The number of aromatic nitrogens is 2. The summed E-state index contributed by atoms with van der Waals surface area (Å²) in [7, 11) is 0. The summed E-state index contributed by atoms with van der Waals surface area (Å²) in [6.07, 6.45) is 3.14. The van der Waals surface area contributed by atoms with Gasteiger partial charge in [-0.3, -0.25) is 9.89 Å². The third kappa shape index (κ3) is 2.42. The molecule has 4 heterocycles. The molecule has 0 aliphatic carbocycles. The minimum Gasteiger partial charge on any atom is -0.303 e. The van der Waals surface area contributed by atoms with Gasteiger partial charge >= 0.3 is 0 Å². The first-order chi connectivity index (χ1) is 10.2. The zero-order valence-electron chi connectivity index (χ0n) is 11.8. The number of fused-ring (bicyclic) bond motifs is 4. The number of aromatic amines is 1. The first-order valence-electron chi connectivity index (χ1n) is 7.60. The van der Waals surface area contributed by atoms with E-state index in [0.717, 1.165) is 27.8 Å². The molecule has 5 rings (SSSR count). The molecule has 1 N–H and O–H groups in total. The van der Waals surface area contributed by atoms with Gasteiger partial charge in [-0.2, -0.15) is 5.10 Å². The first kappa shape index (κ1) is 13.5. The first-order valence-corrected chi connectivity index (χ1v) is 8.39. The summed E-state index contributed by atoms with van der Waals surface area (Å²) in [6, 6.07) is 5.89. The van der Waals surface area contributed by atoms with Crippen LogP contribution in [0, 0.1) is 11.8 Å². The van der Waals surface area contributed by atoms with Crippen molar-refractivity contribution in [3.05, 3.63) is 28.4 Å². The van der Waals surface area contributed by atoms with E-state index in [0.29, 0.717) is 18.0 Å². The molecule has 21 heavy (non-hydrogen) atoms. The van der Waals surface area contributed by atoms with Crippen LogP contribution >= 0.6 is 15.9 Å². The van der Waals surface area contributed by atoms with Crippen LogP contribution in [0.4, 0.5) is 0 Å². The fraction of sp³-hybridized carbons (Fsp3) is 0.500. The molecule has 2 bridgehead atoms. The van der Waals surface area contributed by atoms with Gasteiger partial charge in [0.05, 0.1) is 5.52 Å². The Morgan fingerprint density at radius 1 is 1.38 bits per heavy atom. The summed E-state index contributed by atoms with van der Waals surface area (Å²) in [5.41, 5.74) is 1.53. The Bertz CT molecular complexity index is 688. The number of nitrogens with one attached hydrogen (secondary N) is 1. The molecule has 110 valence electrons. The Hall–Kier alpha value is -1.20. The van der Waals surface area contributed by atoms with E-state index in [-0.39, 0.29) is 5.78 Å². The Morgan fingerprint density at radius 3 is 2.90 bits per heavy atom. The molecular weight excluding hydrogens is 330 g/mol. The summed E-state index contributed by atoms with van der Waals surface area (Å²) in [4.78, 5) is 15.2. The van der Waals surface area contributed by atoms with E-state index in [2.05, 4.69) is 31.0 Å². The second-order valence-corrected chi connectivity index (χ2v) is 7.20. The molecule has 0 spiro atoms. The third-order valence-corrected chi connectivity index (χ3v) is 5.52. The van der Waals surface area contributed by atoms with E-state index in [4.69, 9.17) is 0 Å². The Kier molecular flexibility index (Phi) is 3.34. The lowest BCUT2D eigenvalue weighted by Gasteiger charge is -2.44. The summed E-state index contributed by atoms with van der Waals surface area (Å²) in [5.74, 6) is 1.42. The number of H-pyrrole nitrogens is 1. The van der Waals surface area contributed by atoms with Crippen molar-refractivity contribution in [3.8, 4) is 0 Å². The third-order valence-electron chi connectivity index (χ3n) is 5.03. The molecule has 4 nitrogen and oxygen atoms in total. The fourth-order valence-corrected chi connectivity index (χ4v) is 4.21. The monoisotopic (exact) mass is 347 g/mol. The topological polar surface area (TPSA) is 49.0 Å². The molecule has 0 amide bonds. The van der Waals surface area contributed by atoms with Crippen LogP contribution in [0.5, 0.6) is 0 Å². The highest BCUT2D eigenvalue weighted by Crippen LogP contribution is 2.35. The minimum absolute atomic E-state index is 0.179. The van der Waals surface area contributed by atoms with Crippen molar-refractivity contribution in [2.24, 2.45) is 11.8 Å². The largest absolute Gasteiger partial charge is 0.303 e. The highest BCUT2D eigenvalue weighted by Gasteiger charge is 2.35. The maximum absolute atomic E-state index is 12.7. The number of piperidine rings is 3. The van der Waals surface area contributed by atoms with Gasteiger partial charge in [0.2, 0.25) is 0 Å². The van der Waals surface area contributed by atoms with Gasteiger partial charge in [-0.1, -0.05) is 15.9 Å². The van der Waals surface area contributed by atoms with E-state index in [9.17, 15) is 4.79 Å². The molecular formula is C16H18BrN3O. The molecule has 3 aliphatic rings. The average molecular weight is 348 g/mol. The Balaban J connectivity index is 1.57. The molecule has 2 aromatic rings. The molecule has 0 radical (unpaired) electrons. The van der Waals surface area contributed by atoms with Gasteiger partial charge in [0.1, 0.15) is 5.69 Å². The maximum Gasteiger partial charge on any atom is 0.184 e. The summed E-state index contributed by atoms with van der Waals surface area (Å²) >= 11 is 3.47. The average Bonchev–Trinajstić information content (AvgIpc) is 2.91. The number of nitrogens with zero attached hydrogens (tertiary/aromatic N) is 2. The lowest BCUT2D eigenvalue weighted by atomic mass is 9.76. The number of Topliss-reactive ketones (excluding diaryl/α,β-unsaturated/α-hetero) is 1. The van der Waals surface area contributed by atoms with Gasteiger partial charge in [-0.15, -0.1) is 0 Å². The minimum atomic E-state index is 0.179. The molecule has 0 saturated carbocycles. The lowest BCUT2D eigenvalue weighted by Crippen LogP contribution is -2.47. The van der Waals surface area contributed by atoms with E-state index in [1.165, 1.54) is 25.9 Å². The second-order valence-electron chi connectivity index (χ2n) is 6.29. The number of carbonyl (C=O) groups is 1. The van der Waals surface area contributed by atoms with Crippen LogP contribution in [0.15, 0.2) is 22.7 Å². The van der Waals surface area contributed by atoms with Crippen LogP contribution in [-0.2, 0) is 0 Å². The van der Waals surface area contributed by atoms with Crippen molar-refractivity contribution in [3.63, 3.8) is 0 Å². The quantitative estimate of drug-likeness (QED) is 0.867. The number of ketones is 1. The zero-order chi connectivity index (χ0) is 14.4. The lowest BCUT2D eigenvalue weighted by molar-refractivity contribution is 0.0440. The summed E-state index contributed by atoms with van der Waals surface area (Å²) in [5, 5.41) is 8.15. The van der Waals surface area contributed by atoms with Crippen LogP contribution in [0.2, 0.25) is 0 Å². The maximum atomic E-state index is 12.7. The number of benzene rings is 1. The van der Waals surface area contributed by atoms with Gasteiger partial charge in [0, 0.05) is 22.8 Å². The standard InChI is InChI=1S/C16H18BrN3O/c17-12-1-2-14-13(8-12)16(19-18-14)15(21)7-11-9-20-5-3-10(11)4-6-20/h1-2,8,10-11H,3-7,9H2,(H,18,19)/t11-/m1/s1. The van der Waals surface area contributed by atoms with Gasteiger partial charge in [0.15, 0.2) is 5.78 Å². The van der Waals surface area contributed by atoms with Crippen LogP contribution < -0.4 is 0 Å². The van der Waals surface area contributed by atoms with Crippen molar-refractivity contribution >= 4 is 32.6 Å². The smallest absolute Gasteiger partial charge is 0.184 e. The summed E-state index contributed by atoms with van der Waals surface area (Å²) < 4.78 is 0.980. The predicted octanol–water partition coefficient (Wildman–Crippen LogP) is 3.24. The highest BCUT2D eigenvalue weighted by molar-refractivity contribution is 9.10. The van der Waals surface area contributed by atoms with Gasteiger partial charge < -0.3 is 4.90 Å². The Morgan fingerprint density at radius 2 is 2.19 bits per heavy atom. The van der Waals surface area contributed by atoms with Gasteiger partial charge in [0.25, 0.3) is 0 Å². The van der Waals surface area contributed by atoms with Crippen molar-refractivity contribution in [2.75, 3.05) is 19.6 Å². The molecule has 3 saturated heterocycles. The Labute approximate surface area is 132 Å². The summed E-state index contributed by atoms with van der Waals surface area (Å²) in [6.45, 7) is 3.52. The van der Waals surface area contributed by atoms with Gasteiger partial charge in [-0.25, -0.2) is 0 Å². The highest BCUT2D eigenvalue weighted by atomic mass is 79.9. The van der Waals surface area contributed by atoms with Crippen LogP contribution in [0.25, 0.3) is 10.9 Å². The normalized spacial score (nSPS) is 28.1. The number of halogens is 1. The number of hydrogen-bond donors (Lipinski definition) is 1. The van der Waals surface area contributed by atoms with E-state index in [1.807, 2.05) is 18.2 Å². The molecule has 5 heteroatoms. The van der Waals surface area contributed by atoms with Crippen molar-refractivity contribution in [1.29, 1.82) is 0 Å². The molecule has 3 fully saturated rings. The fourth-order valence-electron chi connectivity index (χ4n) is 3.85. The van der Waals surface area contributed by atoms with Crippen LogP contribution in [-0.4, -0.2) is 40.5 Å². The SMILES string of the molecule is O=C(C[C@@H]1CN2CCC1CC2)c1n[nH]c2ccc(Br)cc12. The predicted molar refractivity (Wildman–Crippen MR) is 85.4 cm³/mol. The molecule has 1 atom stereocenters. The van der Waals surface area contributed by atoms with E-state index >= 15 is 0 Å². The van der Waals surface area contributed by atoms with E-state index < -0.39 is 0 Å². The second kappa shape index (κ2) is 5.21. The van der Waals surface area contributed by atoms with Crippen molar-refractivity contribution < 1.29 is 4.79 Å².